The Morgan fingerprint density at radius 3 is 2.52 bits per heavy atom. The first kappa shape index (κ1) is 20.0. The Bertz CT molecular complexity index is 735. The van der Waals surface area contributed by atoms with Crippen LogP contribution in [-0.2, 0) is 11.3 Å². The van der Waals surface area contributed by atoms with E-state index in [1.165, 1.54) is 0 Å². The molecule has 1 aliphatic heterocycles. The fraction of sp³-hybridized carbons (Fsp3) is 0.429. The van der Waals surface area contributed by atoms with Crippen molar-refractivity contribution in [2.75, 3.05) is 47.1 Å². The third kappa shape index (κ3) is 5.14. The smallest absolute Gasteiger partial charge is 0.161 e. The maximum absolute atomic E-state index is 6.49. The molecule has 5 nitrogen and oxygen atoms in total. The highest BCUT2D eigenvalue weighted by Crippen LogP contribution is 2.29. The van der Waals surface area contributed by atoms with Crippen LogP contribution in [0.1, 0.15) is 17.2 Å². The maximum Gasteiger partial charge on any atom is 0.161 e. The minimum atomic E-state index is 0.211. The average molecular weight is 391 g/mol. The van der Waals surface area contributed by atoms with Gasteiger partial charge in [0.15, 0.2) is 11.5 Å². The van der Waals surface area contributed by atoms with Crippen LogP contribution >= 0.6 is 11.6 Å². The number of halogens is 1. The summed E-state index contributed by atoms with van der Waals surface area (Å²) >= 11 is 6.49. The number of morpholine rings is 1. The molecule has 0 aromatic heterocycles. The van der Waals surface area contributed by atoms with Crippen LogP contribution in [0.5, 0.6) is 11.5 Å². The summed E-state index contributed by atoms with van der Waals surface area (Å²) in [6, 6.07) is 14.3. The zero-order valence-electron chi connectivity index (χ0n) is 15.9. The molecule has 1 atom stereocenters. The SMILES string of the molecule is COc1ccc(CNCC(c2ccccc2Cl)N2CCOCC2)cc1OC. The lowest BCUT2D eigenvalue weighted by molar-refractivity contribution is 0.0161. The molecular formula is C21H27ClN2O3. The highest BCUT2D eigenvalue weighted by molar-refractivity contribution is 6.31. The fourth-order valence-electron chi connectivity index (χ4n) is 3.41. The van der Waals surface area contributed by atoms with Crippen LogP contribution in [0, 0.1) is 0 Å². The van der Waals surface area contributed by atoms with Crippen molar-refractivity contribution < 1.29 is 14.2 Å². The van der Waals surface area contributed by atoms with E-state index in [4.69, 9.17) is 25.8 Å². The van der Waals surface area contributed by atoms with Crippen molar-refractivity contribution in [3.63, 3.8) is 0 Å². The van der Waals surface area contributed by atoms with E-state index in [0.29, 0.717) is 0 Å². The number of methoxy groups -OCH3 is 2. The number of benzene rings is 2. The number of nitrogens with one attached hydrogen (secondary N) is 1. The Morgan fingerprint density at radius 1 is 1.07 bits per heavy atom. The predicted molar refractivity (Wildman–Crippen MR) is 108 cm³/mol. The van der Waals surface area contributed by atoms with Gasteiger partial charge in [0, 0.05) is 37.2 Å². The van der Waals surface area contributed by atoms with Gasteiger partial charge in [-0.25, -0.2) is 0 Å². The number of ether oxygens (including phenoxy) is 3. The van der Waals surface area contributed by atoms with E-state index in [0.717, 1.165) is 67.0 Å². The van der Waals surface area contributed by atoms with Gasteiger partial charge in [-0.1, -0.05) is 35.9 Å². The number of nitrogens with zero attached hydrogens (tertiary/aromatic N) is 1. The molecule has 1 unspecified atom stereocenters. The Morgan fingerprint density at radius 2 is 1.81 bits per heavy atom. The Balaban J connectivity index is 1.69. The molecule has 1 saturated heterocycles. The number of hydrogen-bond donors (Lipinski definition) is 1. The summed E-state index contributed by atoms with van der Waals surface area (Å²) in [6.07, 6.45) is 0. The molecule has 3 rings (SSSR count). The van der Waals surface area contributed by atoms with Crippen LogP contribution in [0.3, 0.4) is 0 Å². The molecule has 1 heterocycles. The molecule has 0 saturated carbocycles. The van der Waals surface area contributed by atoms with Gasteiger partial charge in [0.25, 0.3) is 0 Å². The molecule has 0 radical (unpaired) electrons. The van der Waals surface area contributed by atoms with E-state index in [1.807, 2.05) is 36.4 Å². The molecule has 0 amide bonds. The highest BCUT2D eigenvalue weighted by Gasteiger charge is 2.24. The van der Waals surface area contributed by atoms with E-state index in [2.05, 4.69) is 16.3 Å². The summed E-state index contributed by atoms with van der Waals surface area (Å²) in [5.74, 6) is 1.48. The van der Waals surface area contributed by atoms with Crippen LogP contribution < -0.4 is 14.8 Å². The quantitative estimate of drug-likeness (QED) is 0.747. The first-order valence-electron chi connectivity index (χ1n) is 9.20. The summed E-state index contributed by atoms with van der Waals surface area (Å²) in [7, 11) is 3.30. The summed E-state index contributed by atoms with van der Waals surface area (Å²) in [6.45, 7) is 4.89. The van der Waals surface area contributed by atoms with Gasteiger partial charge < -0.3 is 19.5 Å². The van der Waals surface area contributed by atoms with Crippen molar-refractivity contribution in [3.8, 4) is 11.5 Å². The number of hydrogen-bond acceptors (Lipinski definition) is 5. The second-order valence-electron chi connectivity index (χ2n) is 6.51. The standard InChI is InChI=1S/C21H27ClN2O3/c1-25-20-8-7-16(13-21(20)26-2)14-23-15-19(24-9-11-27-12-10-24)17-5-3-4-6-18(17)22/h3-8,13,19,23H,9-12,14-15H2,1-2H3. The average Bonchev–Trinajstić information content (AvgIpc) is 2.72. The second-order valence-corrected chi connectivity index (χ2v) is 6.91. The van der Waals surface area contributed by atoms with Crippen molar-refractivity contribution in [2.24, 2.45) is 0 Å². The lowest BCUT2D eigenvalue weighted by Gasteiger charge is -2.35. The monoisotopic (exact) mass is 390 g/mol. The first-order chi connectivity index (χ1) is 13.2. The van der Waals surface area contributed by atoms with Crippen molar-refractivity contribution in [1.82, 2.24) is 10.2 Å². The van der Waals surface area contributed by atoms with Gasteiger partial charge in [-0.15, -0.1) is 0 Å². The van der Waals surface area contributed by atoms with Crippen LogP contribution in [0.15, 0.2) is 42.5 Å². The molecule has 1 fully saturated rings. The molecule has 1 N–H and O–H groups in total. The van der Waals surface area contributed by atoms with Crippen molar-refractivity contribution >= 4 is 11.6 Å². The molecule has 6 heteroatoms. The van der Waals surface area contributed by atoms with Gasteiger partial charge in [-0.05, 0) is 29.3 Å². The largest absolute Gasteiger partial charge is 0.493 e. The molecule has 27 heavy (non-hydrogen) atoms. The van der Waals surface area contributed by atoms with Crippen molar-refractivity contribution in [3.05, 3.63) is 58.6 Å². The van der Waals surface area contributed by atoms with Gasteiger partial charge in [0.1, 0.15) is 0 Å². The van der Waals surface area contributed by atoms with Gasteiger partial charge in [-0.3, -0.25) is 4.90 Å². The Hall–Kier alpha value is -1.79. The second kappa shape index (κ2) is 9.95. The summed E-state index contributed by atoms with van der Waals surface area (Å²) in [5.41, 5.74) is 2.30. The zero-order chi connectivity index (χ0) is 19.1. The minimum absolute atomic E-state index is 0.211. The van der Waals surface area contributed by atoms with Gasteiger partial charge in [0.05, 0.1) is 27.4 Å². The van der Waals surface area contributed by atoms with E-state index in [1.54, 1.807) is 14.2 Å². The molecule has 2 aromatic carbocycles. The van der Waals surface area contributed by atoms with E-state index in [-0.39, 0.29) is 6.04 Å². The molecule has 2 aromatic rings. The van der Waals surface area contributed by atoms with E-state index in [9.17, 15) is 0 Å². The summed E-state index contributed by atoms with van der Waals surface area (Å²) in [4.78, 5) is 2.44. The summed E-state index contributed by atoms with van der Waals surface area (Å²) < 4.78 is 16.2. The van der Waals surface area contributed by atoms with Crippen molar-refractivity contribution in [2.45, 2.75) is 12.6 Å². The van der Waals surface area contributed by atoms with E-state index >= 15 is 0 Å². The third-order valence-electron chi connectivity index (χ3n) is 4.87. The molecule has 0 aliphatic carbocycles. The van der Waals surface area contributed by atoms with Gasteiger partial charge in [-0.2, -0.15) is 0 Å². The fourth-order valence-corrected chi connectivity index (χ4v) is 3.68. The van der Waals surface area contributed by atoms with Crippen LogP contribution in [-0.4, -0.2) is 52.0 Å². The minimum Gasteiger partial charge on any atom is -0.493 e. The lowest BCUT2D eigenvalue weighted by atomic mass is 10.0. The molecule has 1 aliphatic rings. The topological polar surface area (TPSA) is 43.0 Å². The van der Waals surface area contributed by atoms with Crippen LogP contribution in [0.4, 0.5) is 0 Å². The number of rotatable bonds is 8. The third-order valence-corrected chi connectivity index (χ3v) is 5.21. The Labute approximate surface area is 166 Å². The highest BCUT2D eigenvalue weighted by atomic mass is 35.5. The van der Waals surface area contributed by atoms with Gasteiger partial charge in [0.2, 0.25) is 0 Å². The molecule has 0 spiro atoms. The van der Waals surface area contributed by atoms with Gasteiger partial charge >= 0.3 is 0 Å². The Kier molecular flexibility index (Phi) is 7.35. The zero-order valence-corrected chi connectivity index (χ0v) is 16.7. The van der Waals surface area contributed by atoms with Crippen LogP contribution in [0.2, 0.25) is 5.02 Å². The van der Waals surface area contributed by atoms with Crippen molar-refractivity contribution in [1.29, 1.82) is 0 Å². The molecular weight excluding hydrogens is 364 g/mol. The molecule has 146 valence electrons. The normalized spacial score (nSPS) is 16.1. The maximum atomic E-state index is 6.49. The summed E-state index contributed by atoms with van der Waals surface area (Å²) in [5, 5.41) is 4.38. The lowest BCUT2D eigenvalue weighted by Crippen LogP contribution is -2.42. The first-order valence-corrected chi connectivity index (χ1v) is 9.58. The van der Waals surface area contributed by atoms with Crippen LogP contribution in [0.25, 0.3) is 0 Å². The van der Waals surface area contributed by atoms with E-state index < -0.39 is 0 Å². The predicted octanol–water partition coefficient (Wildman–Crippen LogP) is 3.52. The molecule has 0 bridgehead atoms.